The number of rotatable bonds is 7. The molecule has 0 radical (unpaired) electrons. The van der Waals surface area contributed by atoms with Crippen molar-refractivity contribution in [3.8, 4) is 0 Å². The van der Waals surface area contributed by atoms with Gasteiger partial charge in [-0.15, -0.1) is 0 Å². The first kappa shape index (κ1) is 19.9. The highest BCUT2D eigenvalue weighted by molar-refractivity contribution is 5.94. The lowest BCUT2D eigenvalue weighted by atomic mass is 9.98. The van der Waals surface area contributed by atoms with Crippen molar-refractivity contribution >= 4 is 5.91 Å². The van der Waals surface area contributed by atoms with E-state index in [0.717, 1.165) is 38.2 Å². The Morgan fingerprint density at radius 3 is 2.60 bits per heavy atom. The molecule has 0 aliphatic carbocycles. The van der Waals surface area contributed by atoms with Crippen molar-refractivity contribution in [1.82, 2.24) is 15.1 Å². The van der Waals surface area contributed by atoms with Crippen LogP contribution in [0.4, 0.5) is 0 Å². The van der Waals surface area contributed by atoms with Gasteiger partial charge in [-0.2, -0.15) is 0 Å². The van der Waals surface area contributed by atoms with Gasteiger partial charge in [-0.05, 0) is 58.4 Å². The first-order chi connectivity index (χ1) is 11.7. The van der Waals surface area contributed by atoms with E-state index in [1.54, 1.807) is 0 Å². The lowest BCUT2D eigenvalue weighted by Crippen LogP contribution is -2.51. The van der Waals surface area contributed by atoms with Crippen LogP contribution in [-0.4, -0.2) is 72.2 Å². The van der Waals surface area contributed by atoms with Crippen molar-refractivity contribution < 1.29 is 9.90 Å². The third kappa shape index (κ3) is 6.77. The second kappa shape index (κ2) is 8.79. The van der Waals surface area contributed by atoms with Gasteiger partial charge in [0, 0.05) is 44.3 Å². The monoisotopic (exact) mass is 347 g/mol. The van der Waals surface area contributed by atoms with E-state index in [9.17, 15) is 9.90 Å². The standard InChI is InChI=1S/C20H33N3O2/c1-16(23-12-10-22(4)11-13-23)15-21-19(24)18-7-5-6-17(14-18)8-9-20(2,3)25/h5-7,14,16,25H,8-13,15H2,1-4H3,(H,21,24)/t16-/m1/s1. The average molecular weight is 348 g/mol. The number of nitrogens with zero attached hydrogens (tertiary/aromatic N) is 2. The van der Waals surface area contributed by atoms with Crippen molar-refractivity contribution in [1.29, 1.82) is 0 Å². The Balaban J connectivity index is 1.84. The molecule has 1 atom stereocenters. The molecule has 1 aliphatic heterocycles. The number of aliphatic hydroxyl groups is 1. The van der Waals surface area contributed by atoms with E-state index >= 15 is 0 Å². The molecule has 1 heterocycles. The number of likely N-dealkylation sites (N-methyl/N-ethyl adjacent to an activating group) is 1. The molecule has 0 bridgehead atoms. The summed E-state index contributed by atoms with van der Waals surface area (Å²) in [5.41, 5.74) is 1.09. The third-order valence-electron chi connectivity index (χ3n) is 4.93. The molecule has 1 fully saturated rings. The van der Waals surface area contributed by atoms with Crippen LogP contribution in [0, 0.1) is 0 Å². The number of carbonyl (C=O) groups is 1. The maximum atomic E-state index is 12.5. The number of hydrogen-bond acceptors (Lipinski definition) is 4. The number of carbonyl (C=O) groups excluding carboxylic acids is 1. The number of benzene rings is 1. The Kier molecular flexibility index (Phi) is 6.99. The van der Waals surface area contributed by atoms with Gasteiger partial charge in [-0.25, -0.2) is 0 Å². The van der Waals surface area contributed by atoms with Crippen LogP contribution in [0.2, 0.25) is 0 Å². The molecule has 1 aromatic carbocycles. The summed E-state index contributed by atoms with van der Waals surface area (Å²) >= 11 is 0. The van der Waals surface area contributed by atoms with E-state index in [1.165, 1.54) is 0 Å². The fraction of sp³-hybridized carbons (Fsp3) is 0.650. The van der Waals surface area contributed by atoms with Gasteiger partial charge in [0.05, 0.1) is 5.60 Å². The normalized spacial score (nSPS) is 18.1. The van der Waals surface area contributed by atoms with Crippen molar-refractivity contribution in [2.45, 2.75) is 45.3 Å². The summed E-state index contributed by atoms with van der Waals surface area (Å²) in [6.45, 7) is 10.7. The molecule has 140 valence electrons. The highest BCUT2D eigenvalue weighted by Crippen LogP contribution is 2.14. The van der Waals surface area contributed by atoms with E-state index in [2.05, 4.69) is 29.1 Å². The van der Waals surface area contributed by atoms with Gasteiger partial charge in [-0.3, -0.25) is 9.69 Å². The molecule has 5 heteroatoms. The number of nitrogens with one attached hydrogen (secondary N) is 1. The number of amides is 1. The SMILES string of the molecule is C[C@H](CNC(=O)c1cccc(CCC(C)(C)O)c1)N1CCN(C)CC1. The lowest BCUT2D eigenvalue weighted by molar-refractivity contribution is 0.0714. The third-order valence-corrected chi connectivity index (χ3v) is 4.93. The van der Waals surface area contributed by atoms with Crippen LogP contribution in [0.5, 0.6) is 0 Å². The van der Waals surface area contributed by atoms with Crippen LogP contribution in [0.3, 0.4) is 0 Å². The highest BCUT2D eigenvalue weighted by atomic mass is 16.3. The Morgan fingerprint density at radius 1 is 1.28 bits per heavy atom. The van der Waals surface area contributed by atoms with Gasteiger partial charge in [0.1, 0.15) is 0 Å². The summed E-state index contributed by atoms with van der Waals surface area (Å²) < 4.78 is 0. The molecule has 0 unspecified atom stereocenters. The minimum atomic E-state index is -0.684. The molecule has 1 amide bonds. The molecule has 2 rings (SSSR count). The maximum absolute atomic E-state index is 12.5. The highest BCUT2D eigenvalue weighted by Gasteiger charge is 2.19. The van der Waals surface area contributed by atoms with Crippen molar-refractivity contribution in [2.75, 3.05) is 39.8 Å². The quantitative estimate of drug-likeness (QED) is 0.789. The second-order valence-electron chi connectivity index (χ2n) is 7.91. The maximum Gasteiger partial charge on any atom is 0.251 e. The largest absolute Gasteiger partial charge is 0.390 e. The van der Waals surface area contributed by atoms with E-state index in [4.69, 9.17) is 0 Å². The number of piperazine rings is 1. The van der Waals surface area contributed by atoms with Crippen LogP contribution in [0.25, 0.3) is 0 Å². The van der Waals surface area contributed by atoms with Crippen molar-refractivity contribution in [3.63, 3.8) is 0 Å². The summed E-state index contributed by atoms with van der Waals surface area (Å²) in [6, 6.07) is 8.05. The summed E-state index contributed by atoms with van der Waals surface area (Å²) in [4.78, 5) is 17.2. The van der Waals surface area contributed by atoms with Crippen LogP contribution in [0.15, 0.2) is 24.3 Å². The predicted molar refractivity (Wildman–Crippen MR) is 102 cm³/mol. The molecule has 0 saturated carbocycles. The average Bonchev–Trinajstić information content (AvgIpc) is 2.58. The summed E-state index contributed by atoms with van der Waals surface area (Å²) in [5, 5.41) is 12.9. The van der Waals surface area contributed by atoms with Gasteiger partial charge in [0.2, 0.25) is 0 Å². The van der Waals surface area contributed by atoms with Crippen LogP contribution >= 0.6 is 0 Å². The van der Waals surface area contributed by atoms with Gasteiger partial charge in [0.15, 0.2) is 0 Å². The fourth-order valence-corrected chi connectivity index (χ4v) is 3.05. The van der Waals surface area contributed by atoms with Crippen molar-refractivity contribution in [3.05, 3.63) is 35.4 Å². The molecule has 1 aliphatic rings. The first-order valence-corrected chi connectivity index (χ1v) is 9.27. The lowest BCUT2D eigenvalue weighted by Gasteiger charge is -2.36. The fourth-order valence-electron chi connectivity index (χ4n) is 3.05. The Bertz CT molecular complexity index is 560. The Morgan fingerprint density at radius 2 is 1.96 bits per heavy atom. The topological polar surface area (TPSA) is 55.8 Å². The summed E-state index contributed by atoms with van der Waals surface area (Å²) in [7, 11) is 2.15. The van der Waals surface area contributed by atoms with E-state index in [0.29, 0.717) is 24.6 Å². The van der Waals surface area contributed by atoms with Gasteiger partial charge in [-0.1, -0.05) is 12.1 Å². The Hall–Kier alpha value is -1.43. The van der Waals surface area contributed by atoms with Crippen LogP contribution in [-0.2, 0) is 6.42 Å². The van der Waals surface area contributed by atoms with Gasteiger partial charge >= 0.3 is 0 Å². The smallest absolute Gasteiger partial charge is 0.251 e. The molecule has 2 N–H and O–H groups in total. The number of hydrogen-bond donors (Lipinski definition) is 2. The zero-order chi connectivity index (χ0) is 18.4. The molecule has 0 aromatic heterocycles. The van der Waals surface area contributed by atoms with Crippen molar-refractivity contribution in [2.24, 2.45) is 0 Å². The minimum absolute atomic E-state index is 0.0221. The summed E-state index contributed by atoms with van der Waals surface area (Å²) in [5.74, 6) is -0.0221. The zero-order valence-corrected chi connectivity index (χ0v) is 16.1. The first-order valence-electron chi connectivity index (χ1n) is 9.27. The minimum Gasteiger partial charge on any atom is -0.390 e. The molecule has 1 aromatic rings. The van der Waals surface area contributed by atoms with E-state index < -0.39 is 5.60 Å². The molecule has 0 spiro atoms. The molecule has 25 heavy (non-hydrogen) atoms. The molecule has 5 nitrogen and oxygen atoms in total. The summed E-state index contributed by atoms with van der Waals surface area (Å²) in [6.07, 6.45) is 1.45. The second-order valence-corrected chi connectivity index (χ2v) is 7.91. The Labute approximate surface area is 152 Å². The number of aryl methyl sites for hydroxylation is 1. The molecular weight excluding hydrogens is 314 g/mol. The van der Waals surface area contributed by atoms with Crippen LogP contribution < -0.4 is 5.32 Å². The predicted octanol–water partition coefficient (Wildman–Crippen LogP) is 1.76. The van der Waals surface area contributed by atoms with Gasteiger partial charge < -0.3 is 15.3 Å². The molecular formula is C20H33N3O2. The molecule has 1 saturated heterocycles. The van der Waals surface area contributed by atoms with E-state index in [1.807, 2.05) is 38.1 Å². The zero-order valence-electron chi connectivity index (χ0n) is 16.1. The van der Waals surface area contributed by atoms with Gasteiger partial charge in [0.25, 0.3) is 5.91 Å². The van der Waals surface area contributed by atoms with E-state index in [-0.39, 0.29) is 5.91 Å². The van der Waals surface area contributed by atoms with Crippen LogP contribution in [0.1, 0.15) is 43.1 Å².